The van der Waals surface area contributed by atoms with Crippen molar-refractivity contribution in [2.45, 2.75) is 13.5 Å². The van der Waals surface area contributed by atoms with E-state index in [4.69, 9.17) is 9.57 Å². The van der Waals surface area contributed by atoms with Crippen LogP contribution in [0.3, 0.4) is 0 Å². The molecule has 0 aliphatic heterocycles. The second-order valence-electron chi connectivity index (χ2n) is 4.43. The van der Waals surface area contributed by atoms with E-state index in [1.165, 1.54) is 31.4 Å². The van der Waals surface area contributed by atoms with Crippen LogP contribution in [-0.2, 0) is 11.4 Å². The van der Waals surface area contributed by atoms with E-state index in [-0.39, 0.29) is 18.2 Å². The standard InChI is InChI=1S/C16H15F2NO2/c1-11(13-6-7-16(20-2)15(18)9-13)19-21-10-12-4-3-5-14(17)8-12/h3-9H,10H2,1-2H3/b19-11+. The number of hydrogen-bond donors (Lipinski definition) is 0. The Hall–Kier alpha value is -2.43. The minimum Gasteiger partial charge on any atom is -0.494 e. The van der Waals surface area contributed by atoms with Crippen LogP contribution in [0.5, 0.6) is 5.75 Å². The molecule has 0 aromatic heterocycles. The van der Waals surface area contributed by atoms with Gasteiger partial charge in [-0.2, -0.15) is 0 Å². The molecule has 2 aromatic rings. The Kier molecular flexibility index (Phi) is 4.87. The van der Waals surface area contributed by atoms with Gasteiger partial charge in [-0.15, -0.1) is 0 Å². The van der Waals surface area contributed by atoms with Crippen molar-refractivity contribution in [2.75, 3.05) is 7.11 Å². The minimum absolute atomic E-state index is 0.147. The summed E-state index contributed by atoms with van der Waals surface area (Å²) in [6.07, 6.45) is 0. The van der Waals surface area contributed by atoms with E-state index in [2.05, 4.69) is 5.16 Å². The summed E-state index contributed by atoms with van der Waals surface area (Å²) < 4.78 is 31.4. The molecular formula is C16H15F2NO2. The molecule has 0 saturated heterocycles. The smallest absolute Gasteiger partial charge is 0.165 e. The van der Waals surface area contributed by atoms with Gasteiger partial charge in [-0.05, 0) is 42.8 Å². The molecule has 0 N–H and O–H groups in total. The second kappa shape index (κ2) is 6.83. The summed E-state index contributed by atoms with van der Waals surface area (Å²) in [4.78, 5) is 5.15. The molecule has 0 aliphatic rings. The highest BCUT2D eigenvalue weighted by atomic mass is 19.1. The van der Waals surface area contributed by atoms with Gasteiger partial charge in [0.15, 0.2) is 11.6 Å². The van der Waals surface area contributed by atoms with Crippen molar-refractivity contribution in [3.05, 3.63) is 65.2 Å². The number of halogens is 2. The molecule has 0 atom stereocenters. The second-order valence-corrected chi connectivity index (χ2v) is 4.43. The third kappa shape index (κ3) is 4.02. The van der Waals surface area contributed by atoms with Crippen molar-refractivity contribution in [2.24, 2.45) is 5.16 Å². The number of rotatable bonds is 5. The first-order valence-corrected chi connectivity index (χ1v) is 6.35. The van der Waals surface area contributed by atoms with Gasteiger partial charge in [0.05, 0.1) is 12.8 Å². The van der Waals surface area contributed by atoms with Gasteiger partial charge in [-0.1, -0.05) is 17.3 Å². The summed E-state index contributed by atoms with van der Waals surface area (Å²) in [6, 6.07) is 10.6. The zero-order valence-corrected chi connectivity index (χ0v) is 11.8. The molecule has 0 amide bonds. The van der Waals surface area contributed by atoms with E-state index in [1.807, 2.05) is 0 Å². The minimum atomic E-state index is -0.463. The lowest BCUT2D eigenvalue weighted by Gasteiger charge is -2.05. The molecule has 0 spiro atoms. The van der Waals surface area contributed by atoms with Gasteiger partial charge in [-0.25, -0.2) is 8.78 Å². The van der Waals surface area contributed by atoms with Gasteiger partial charge in [0, 0.05) is 5.56 Å². The van der Waals surface area contributed by atoms with Crippen LogP contribution in [-0.4, -0.2) is 12.8 Å². The SMILES string of the molecule is COc1ccc(/C(C)=N/OCc2cccc(F)c2)cc1F. The monoisotopic (exact) mass is 291 g/mol. The number of oxime groups is 1. The lowest BCUT2D eigenvalue weighted by molar-refractivity contribution is 0.130. The molecule has 5 heteroatoms. The zero-order valence-electron chi connectivity index (χ0n) is 11.8. The topological polar surface area (TPSA) is 30.8 Å². The Morgan fingerprint density at radius 2 is 1.95 bits per heavy atom. The molecule has 0 saturated carbocycles. The highest BCUT2D eigenvalue weighted by Gasteiger charge is 2.06. The van der Waals surface area contributed by atoms with Crippen molar-refractivity contribution in [3.8, 4) is 5.75 Å². The molecule has 2 aromatic carbocycles. The highest BCUT2D eigenvalue weighted by molar-refractivity contribution is 5.98. The molecule has 0 heterocycles. The zero-order chi connectivity index (χ0) is 15.2. The van der Waals surface area contributed by atoms with Crippen LogP contribution in [0.2, 0.25) is 0 Å². The van der Waals surface area contributed by atoms with Crippen molar-refractivity contribution in [1.82, 2.24) is 0 Å². The third-order valence-corrected chi connectivity index (χ3v) is 2.89. The van der Waals surface area contributed by atoms with Gasteiger partial charge in [0.1, 0.15) is 12.4 Å². The number of benzene rings is 2. The summed E-state index contributed by atoms with van der Waals surface area (Å²) in [6.45, 7) is 1.85. The molecule has 0 radical (unpaired) electrons. The molecule has 0 fully saturated rings. The van der Waals surface area contributed by atoms with Crippen LogP contribution in [0.4, 0.5) is 8.78 Å². The number of methoxy groups -OCH3 is 1. The lowest BCUT2D eigenvalue weighted by atomic mass is 10.1. The normalized spacial score (nSPS) is 11.3. The summed E-state index contributed by atoms with van der Waals surface area (Å²) in [7, 11) is 1.40. The molecule has 0 aliphatic carbocycles. The van der Waals surface area contributed by atoms with Crippen molar-refractivity contribution >= 4 is 5.71 Å². The average Bonchev–Trinajstić information content (AvgIpc) is 2.47. The largest absolute Gasteiger partial charge is 0.494 e. The molecule has 2 rings (SSSR count). The molecule has 0 bridgehead atoms. The maximum Gasteiger partial charge on any atom is 0.165 e. The lowest BCUT2D eigenvalue weighted by Crippen LogP contribution is -1.99. The predicted molar refractivity (Wildman–Crippen MR) is 76.4 cm³/mol. The van der Waals surface area contributed by atoms with Crippen LogP contribution in [0, 0.1) is 11.6 Å². The number of ether oxygens (including phenoxy) is 1. The van der Waals surface area contributed by atoms with Gasteiger partial charge in [0.25, 0.3) is 0 Å². The van der Waals surface area contributed by atoms with E-state index in [0.717, 1.165) is 0 Å². The third-order valence-electron chi connectivity index (χ3n) is 2.89. The summed E-state index contributed by atoms with van der Waals surface area (Å²) >= 11 is 0. The summed E-state index contributed by atoms with van der Waals surface area (Å²) in [5, 5.41) is 3.90. The van der Waals surface area contributed by atoms with Crippen molar-refractivity contribution < 1.29 is 18.4 Å². The fourth-order valence-corrected chi connectivity index (χ4v) is 1.77. The van der Waals surface area contributed by atoms with Gasteiger partial charge in [0.2, 0.25) is 0 Å². The summed E-state index contributed by atoms with van der Waals surface area (Å²) in [5.74, 6) is -0.615. The Morgan fingerprint density at radius 1 is 1.14 bits per heavy atom. The summed E-state index contributed by atoms with van der Waals surface area (Å²) in [5.41, 5.74) is 1.79. The molecule has 3 nitrogen and oxygen atoms in total. The van der Waals surface area contributed by atoms with Crippen molar-refractivity contribution in [3.63, 3.8) is 0 Å². The molecular weight excluding hydrogens is 276 g/mol. The van der Waals surface area contributed by atoms with Crippen molar-refractivity contribution in [1.29, 1.82) is 0 Å². The first-order valence-electron chi connectivity index (χ1n) is 6.35. The maximum absolute atomic E-state index is 13.6. The fraction of sp³-hybridized carbons (Fsp3) is 0.188. The first-order chi connectivity index (χ1) is 10.1. The molecule has 21 heavy (non-hydrogen) atoms. The van der Waals surface area contributed by atoms with Crippen LogP contribution in [0.1, 0.15) is 18.1 Å². The first kappa shape index (κ1) is 15.0. The fourth-order valence-electron chi connectivity index (χ4n) is 1.77. The van der Waals surface area contributed by atoms with Crippen LogP contribution < -0.4 is 4.74 Å². The Morgan fingerprint density at radius 3 is 2.62 bits per heavy atom. The van der Waals surface area contributed by atoms with Gasteiger partial charge < -0.3 is 9.57 Å². The van der Waals surface area contributed by atoms with E-state index in [9.17, 15) is 8.78 Å². The molecule has 0 unspecified atom stereocenters. The average molecular weight is 291 g/mol. The highest BCUT2D eigenvalue weighted by Crippen LogP contribution is 2.18. The number of hydrogen-bond acceptors (Lipinski definition) is 3. The maximum atomic E-state index is 13.6. The van der Waals surface area contributed by atoms with Crippen LogP contribution in [0.25, 0.3) is 0 Å². The van der Waals surface area contributed by atoms with E-state index < -0.39 is 5.82 Å². The quantitative estimate of drug-likeness (QED) is 0.617. The Labute approximate surface area is 121 Å². The van der Waals surface area contributed by atoms with E-state index in [1.54, 1.807) is 25.1 Å². The Bertz CT molecular complexity index is 656. The molecule has 110 valence electrons. The van der Waals surface area contributed by atoms with E-state index in [0.29, 0.717) is 16.8 Å². The Balaban J connectivity index is 2.02. The number of nitrogens with zero attached hydrogens (tertiary/aromatic N) is 1. The predicted octanol–water partition coefficient (Wildman–Crippen LogP) is 3.91. The van der Waals surface area contributed by atoms with Gasteiger partial charge in [-0.3, -0.25) is 0 Å². The van der Waals surface area contributed by atoms with Crippen LogP contribution in [0.15, 0.2) is 47.6 Å². The van der Waals surface area contributed by atoms with E-state index >= 15 is 0 Å². The van der Waals surface area contributed by atoms with Gasteiger partial charge >= 0.3 is 0 Å². The van der Waals surface area contributed by atoms with Crippen LogP contribution >= 0.6 is 0 Å².